The molecule has 3 rings (SSSR count). The molecule has 1 aliphatic heterocycles. The van der Waals surface area contributed by atoms with Gasteiger partial charge in [-0.15, -0.1) is 11.3 Å². The van der Waals surface area contributed by atoms with Crippen LogP contribution in [-0.2, 0) is 0 Å². The predicted octanol–water partition coefficient (Wildman–Crippen LogP) is 2.69. The minimum atomic E-state index is -0.247. The maximum absolute atomic E-state index is 13.7. The quantitative estimate of drug-likeness (QED) is 0.806. The van der Waals surface area contributed by atoms with Crippen molar-refractivity contribution in [3.63, 3.8) is 0 Å². The van der Waals surface area contributed by atoms with Gasteiger partial charge in [0.25, 0.3) is 0 Å². The van der Waals surface area contributed by atoms with Crippen LogP contribution >= 0.6 is 11.3 Å². The summed E-state index contributed by atoms with van der Waals surface area (Å²) < 4.78 is 13.7. The molecule has 1 aromatic heterocycles. The Bertz CT molecular complexity index is 708. The van der Waals surface area contributed by atoms with Crippen molar-refractivity contribution in [1.82, 2.24) is 14.8 Å². The summed E-state index contributed by atoms with van der Waals surface area (Å²) in [7, 11) is 2.09. The van der Waals surface area contributed by atoms with Crippen molar-refractivity contribution in [2.24, 2.45) is 0 Å². The molecule has 1 fully saturated rings. The van der Waals surface area contributed by atoms with Crippen molar-refractivity contribution in [2.75, 3.05) is 39.8 Å². The molecule has 0 spiro atoms. The minimum absolute atomic E-state index is 0.0321. The van der Waals surface area contributed by atoms with Crippen LogP contribution in [0.5, 0.6) is 0 Å². The molecule has 1 saturated heterocycles. The molecule has 0 aliphatic carbocycles. The molecule has 2 aromatic rings. The molecular weight excluding hydrogens is 313 g/mol. The summed E-state index contributed by atoms with van der Waals surface area (Å²) in [4.78, 5) is 21.2. The van der Waals surface area contributed by atoms with Gasteiger partial charge in [0.2, 0.25) is 0 Å². The van der Waals surface area contributed by atoms with E-state index in [9.17, 15) is 9.18 Å². The zero-order chi connectivity index (χ0) is 16.4. The summed E-state index contributed by atoms with van der Waals surface area (Å²) >= 11 is 1.38. The molecule has 0 amide bonds. The molecule has 4 nitrogen and oxygen atoms in total. The molecule has 0 bridgehead atoms. The third-order valence-electron chi connectivity index (χ3n) is 4.17. The molecule has 0 N–H and O–H groups in total. The number of carbonyl (C=O) groups is 1. The number of hydrogen-bond donors (Lipinski definition) is 0. The highest BCUT2D eigenvalue weighted by atomic mass is 32.1. The van der Waals surface area contributed by atoms with E-state index in [4.69, 9.17) is 0 Å². The third-order valence-corrected chi connectivity index (χ3v) is 5.06. The summed E-state index contributed by atoms with van der Waals surface area (Å²) in [5.41, 5.74) is 1.80. The molecule has 1 aliphatic rings. The Labute approximate surface area is 139 Å². The summed E-state index contributed by atoms with van der Waals surface area (Å²) in [6, 6.07) is 5.05. The number of benzene rings is 1. The largest absolute Gasteiger partial charge is 0.304 e. The Morgan fingerprint density at radius 3 is 2.74 bits per heavy atom. The lowest BCUT2D eigenvalue weighted by molar-refractivity contribution is 0.0872. The van der Waals surface area contributed by atoms with E-state index >= 15 is 0 Å². The van der Waals surface area contributed by atoms with Gasteiger partial charge in [-0.1, -0.05) is 12.1 Å². The van der Waals surface area contributed by atoms with Crippen molar-refractivity contribution in [3.8, 4) is 10.6 Å². The topological polar surface area (TPSA) is 36.4 Å². The monoisotopic (exact) mass is 333 g/mol. The van der Waals surface area contributed by atoms with Crippen LogP contribution in [0.1, 0.15) is 16.1 Å². The van der Waals surface area contributed by atoms with Gasteiger partial charge in [-0.2, -0.15) is 0 Å². The second-order valence-corrected chi connectivity index (χ2v) is 6.86. The van der Waals surface area contributed by atoms with Crippen molar-refractivity contribution in [2.45, 2.75) is 6.92 Å². The first-order chi connectivity index (χ1) is 11.0. The Morgan fingerprint density at radius 2 is 2.04 bits per heavy atom. The van der Waals surface area contributed by atoms with Crippen molar-refractivity contribution in [3.05, 3.63) is 40.7 Å². The van der Waals surface area contributed by atoms with Gasteiger partial charge in [0, 0.05) is 37.1 Å². The molecule has 0 unspecified atom stereocenters. The standard InChI is InChI=1S/C17H20FN3OS/c1-12-3-4-13(9-14(12)18)17-19-15(11-23-17)16(22)10-21-7-5-20(2)6-8-21/h3-4,9,11H,5-8,10H2,1-2H3. The second-order valence-electron chi connectivity index (χ2n) is 6.00. The average Bonchev–Trinajstić information content (AvgIpc) is 3.02. The Kier molecular flexibility index (Phi) is 4.84. The molecule has 6 heteroatoms. The van der Waals surface area contributed by atoms with E-state index in [0.29, 0.717) is 22.8 Å². The highest BCUT2D eigenvalue weighted by molar-refractivity contribution is 7.13. The van der Waals surface area contributed by atoms with E-state index in [1.807, 2.05) is 6.07 Å². The van der Waals surface area contributed by atoms with Gasteiger partial charge >= 0.3 is 0 Å². The van der Waals surface area contributed by atoms with Gasteiger partial charge in [-0.05, 0) is 25.6 Å². The first-order valence-electron chi connectivity index (χ1n) is 7.69. The summed E-state index contributed by atoms with van der Waals surface area (Å²) in [5.74, 6) is -0.215. The lowest BCUT2D eigenvalue weighted by Crippen LogP contribution is -2.46. The van der Waals surface area contributed by atoms with Gasteiger partial charge < -0.3 is 4.90 Å². The number of piperazine rings is 1. The van der Waals surface area contributed by atoms with Crippen LogP contribution in [0.25, 0.3) is 10.6 Å². The smallest absolute Gasteiger partial charge is 0.195 e. The lowest BCUT2D eigenvalue weighted by atomic mass is 10.1. The number of carbonyl (C=O) groups excluding carboxylic acids is 1. The molecular formula is C17H20FN3OS. The summed E-state index contributed by atoms with van der Waals surface area (Å²) in [6.45, 7) is 5.91. The SMILES string of the molecule is Cc1ccc(-c2nc(C(=O)CN3CCN(C)CC3)cs2)cc1F. The number of rotatable bonds is 4. The molecule has 122 valence electrons. The number of hydrogen-bond acceptors (Lipinski definition) is 5. The second kappa shape index (κ2) is 6.86. The number of Topliss-reactive ketones (excluding diaryl/α,β-unsaturated/α-hetero) is 1. The molecule has 2 heterocycles. The fourth-order valence-corrected chi connectivity index (χ4v) is 3.37. The normalized spacial score (nSPS) is 16.7. The Hall–Kier alpha value is -1.63. The fourth-order valence-electron chi connectivity index (χ4n) is 2.55. The molecule has 1 aromatic carbocycles. The first-order valence-corrected chi connectivity index (χ1v) is 8.57. The van der Waals surface area contributed by atoms with E-state index in [1.54, 1.807) is 18.4 Å². The fraction of sp³-hybridized carbons (Fsp3) is 0.412. The van der Waals surface area contributed by atoms with Gasteiger partial charge in [0.1, 0.15) is 16.5 Å². The zero-order valence-corrected chi connectivity index (χ0v) is 14.2. The number of ketones is 1. The van der Waals surface area contributed by atoms with Crippen LogP contribution in [0.3, 0.4) is 0 Å². The highest BCUT2D eigenvalue weighted by Crippen LogP contribution is 2.25. The van der Waals surface area contributed by atoms with Gasteiger partial charge in [-0.25, -0.2) is 9.37 Å². The van der Waals surface area contributed by atoms with Gasteiger partial charge in [0.05, 0.1) is 6.54 Å². The van der Waals surface area contributed by atoms with E-state index < -0.39 is 0 Å². The molecule has 0 atom stereocenters. The highest BCUT2D eigenvalue weighted by Gasteiger charge is 2.19. The third kappa shape index (κ3) is 3.83. The van der Waals surface area contributed by atoms with Gasteiger partial charge in [0.15, 0.2) is 5.78 Å². The van der Waals surface area contributed by atoms with E-state index in [0.717, 1.165) is 31.7 Å². The zero-order valence-electron chi connectivity index (χ0n) is 13.4. The van der Waals surface area contributed by atoms with E-state index in [-0.39, 0.29) is 11.6 Å². The predicted molar refractivity (Wildman–Crippen MR) is 90.5 cm³/mol. The maximum atomic E-state index is 13.7. The Morgan fingerprint density at radius 1 is 1.30 bits per heavy atom. The molecule has 0 radical (unpaired) electrons. The first kappa shape index (κ1) is 16.2. The van der Waals surface area contributed by atoms with Gasteiger partial charge in [-0.3, -0.25) is 9.69 Å². The molecule has 0 saturated carbocycles. The summed E-state index contributed by atoms with van der Waals surface area (Å²) in [5, 5.41) is 2.46. The van der Waals surface area contributed by atoms with E-state index in [2.05, 4.69) is 21.8 Å². The number of aromatic nitrogens is 1. The number of thiazole rings is 1. The van der Waals surface area contributed by atoms with Crippen LogP contribution in [0.4, 0.5) is 4.39 Å². The van der Waals surface area contributed by atoms with Crippen LogP contribution in [0, 0.1) is 12.7 Å². The minimum Gasteiger partial charge on any atom is -0.304 e. The lowest BCUT2D eigenvalue weighted by Gasteiger charge is -2.31. The number of likely N-dealkylation sites (N-methyl/N-ethyl adjacent to an activating group) is 1. The maximum Gasteiger partial charge on any atom is 0.195 e. The van der Waals surface area contributed by atoms with Crippen LogP contribution in [0.15, 0.2) is 23.6 Å². The van der Waals surface area contributed by atoms with Crippen molar-refractivity contribution >= 4 is 17.1 Å². The number of halogens is 1. The molecule has 23 heavy (non-hydrogen) atoms. The summed E-state index contributed by atoms with van der Waals surface area (Å²) in [6.07, 6.45) is 0. The van der Waals surface area contributed by atoms with E-state index in [1.165, 1.54) is 17.4 Å². The number of aryl methyl sites for hydroxylation is 1. The van der Waals surface area contributed by atoms with Crippen molar-refractivity contribution < 1.29 is 9.18 Å². The Balaban J connectivity index is 1.68. The average molecular weight is 333 g/mol. The van der Waals surface area contributed by atoms with Crippen molar-refractivity contribution in [1.29, 1.82) is 0 Å². The van der Waals surface area contributed by atoms with Crippen LogP contribution in [0.2, 0.25) is 0 Å². The number of nitrogens with zero attached hydrogens (tertiary/aromatic N) is 3. The van der Waals surface area contributed by atoms with Crippen LogP contribution in [-0.4, -0.2) is 60.3 Å². The van der Waals surface area contributed by atoms with Crippen LogP contribution < -0.4 is 0 Å².